The first-order valence-electron chi connectivity index (χ1n) is 5.91. The molecule has 0 saturated heterocycles. The van der Waals surface area contributed by atoms with E-state index < -0.39 is 7.12 Å². The van der Waals surface area contributed by atoms with Crippen LogP contribution in [0, 0.1) is 5.41 Å². The summed E-state index contributed by atoms with van der Waals surface area (Å²) in [4.78, 5) is 2.27. The molecule has 1 rings (SSSR count). The molecule has 0 fully saturated rings. The molecule has 1 aromatic carbocycles. The number of benzene rings is 1. The summed E-state index contributed by atoms with van der Waals surface area (Å²) in [6, 6.07) is 7.39. The molecule has 0 amide bonds. The molecule has 0 radical (unpaired) electrons. The van der Waals surface area contributed by atoms with Crippen LogP contribution in [0.25, 0.3) is 0 Å². The van der Waals surface area contributed by atoms with E-state index in [0.717, 1.165) is 13.1 Å². The Morgan fingerprint density at radius 2 is 1.65 bits per heavy atom. The van der Waals surface area contributed by atoms with Crippen molar-refractivity contribution in [3.8, 4) is 0 Å². The molecule has 0 spiro atoms. The Morgan fingerprint density at radius 3 is 2.06 bits per heavy atom. The maximum absolute atomic E-state index is 8.99. The first-order valence-corrected chi connectivity index (χ1v) is 5.91. The Balaban J connectivity index is 2.57. The lowest BCUT2D eigenvalue weighted by atomic mass is 9.80. The molecule has 94 valence electrons. The van der Waals surface area contributed by atoms with Gasteiger partial charge in [-0.2, -0.15) is 0 Å². The lowest BCUT2D eigenvalue weighted by Gasteiger charge is -2.26. The second-order valence-electron chi connectivity index (χ2n) is 5.85. The molecule has 0 bridgehead atoms. The average Bonchev–Trinajstić information content (AvgIpc) is 2.15. The van der Waals surface area contributed by atoms with Gasteiger partial charge in [0.25, 0.3) is 0 Å². The van der Waals surface area contributed by atoms with Crippen molar-refractivity contribution in [3.63, 3.8) is 0 Å². The second kappa shape index (κ2) is 5.67. The van der Waals surface area contributed by atoms with E-state index in [1.807, 2.05) is 12.1 Å². The van der Waals surface area contributed by atoms with Crippen molar-refractivity contribution in [1.29, 1.82) is 0 Å². The zero-order valence-corrected chi connectivity index (χ0v) is 11.1. The van der Waals surface area contributed by atoms with Gasteiger partial charge in [0, 0.05) is 13.1 Å². The Hall–Kier alpha value is -0.835. The fourth-order valence-electron chi connectivity index (χ4n) is 1.97. The number of hydrogen-bond acceptors (Lipinski definition) is 3. The van der Waals surface area contributed by atoms with Gasteiger partial charge in [-0.1, -0.05) is 45.0 Å². The third kappa shape index (κ3) is 5.35. The highest BCUT2D eigenvalue weighted by atomic mass is 16.4. The lowest BCUT2D eigenvalue weighted by Crippen LogP contribution is -2.30. The molecule has 0 aliphatic heterocycles. The molecule has 0 aromatic heterocycles. The van der Waals surface area contributed by atoms with Crippen molar-refractivity contribution in [2.75, 3.05) is 13.6 Å². The van der Waals surface area contributed by atoms with Crippen molar-refractivity contribution < 1.29 is 10.0 Å². The van der Waals surface area contributed by atoms with Gasteiger partial charge >= 0.3 is 7.12 Å². The summed E-state index contributed by atoms with van der Waals surface area (Å²) in [6.07, 6.45) is 0. The molecule has 0 aliphatic carbocycles. The Labute approximate surface area is 104 Å². The highest BCUT2D eigenvalue weighted by Gasteiger charge is 2.14. The summed E-state index contributed by atoms with van der Waals surface area (Å²) in [6.45, 7) is 8.55. The molecular formula is C13H22BNO2. The number of hydrogen-bond donors (Lipinski definition) is 2. The minimum atomic E-state index is -1.38. The van der Waals surface area contributed by atoms with Crippen LogP contribution in [0.5, 0.6) is 0 Å². The van der Waals surface area contributed by atoms with E-state index in [1.54, 1.807) is 12.1 Å². The second-order valence-corrected chi connectivity index (χ2v) is 5.85. The van der Waals surface area contributed by atoms with E-state index in [0.29, 0.717) is 5.46 Å². The van der Waals surface area contributed by atoms with Gasteiger partial charge in [0.15, 0.2) is 0 Å². The van der Waals surface area contributed by atoms with Crippen LogP contribution >= 0.6 is 0 Å². The third-order valence-electron chi connectivity index (χ3n) is 2.47. The van der Waals surface area contributed by atoms with Crippen LogP contribution in [-0.2, 0) is 6.54 Å². The van der Waals surface area contributed by atoms with Crippen molar-refractivity contribution in [1.82, 2.24) is 4.90 Å². The minimum Gasteiger partial charge on any atom is -0.423 e. The summed E-state index contributed by atoms with van der Waals surface area (Å²) in [7, 11) is 0.719. The summed E-state index contributed by atoms with van der Waals surface area (Å²) >= 11 is 0. The Kier molecular flexibility index (Phi) is 4.75. The zero-order valence-electron chi connectivity index (χ0n) is 11.1. The van der Waals surface area contributed by atoms with Crippen LogP contribution in [0.15, 0.2) is 24.3 Å². The van der Waals surface area contributed by atoms with Gasteiger partial charge in [-0.3, -0.25) is 0 Å². The monoisotopic (exact) mass is 235 g/mol. The van der Waals surface area contributed by atoms with Crippen LogP contribution in [0.2, 0.25) is 0 Å². The van der Waals surface area contributed by atoms with Crippen LogP contribution in [0.4, 0.5) is 0 Å². The van der Waals surface area contributed by atoms with Crippen LogP contribution in [0.1, 0.15) is 26.3 Å². The normalized spacial score (nSPS) is 11.9. The van der Waals surface area contributed by atoms with Gasteiger partial charge in [-0.25, -0.2) is 0 Å². The third-order valence-corrected chi connectivity index (χ3v) is 2.47. The molecular weight excluding hydrogens is 213 g/mol. The Bertz CT molecular complexity index is 343. The fourth-order valence-corrected chi connectivity index (χ4v) is 1.97. The maximum atomic E-state index is 8.99. The van der Waals surface area contributed by atoms with Crippen molar-refractivity contribution in [3.05, 3.63) is 29.8 Å². The van der Waals surface area contributed by atoms with Crippen molar-refractivity contribution in [2.24, 2.45) is 5.41 Å². The first kappa shape index (κ1) is 14.2. The van der Waals surface area contributed by atoms with Crippen molar-refractivity contribution >= 4 is 12.6 Å². The van der Waals surface area contributed by atoms with Gasteiger partial charge in [-0.15, -0.1) is 0 Å². The summed E-state index contributed by atoms with van der Waals surface area (Å²) in [5.74, 6) is 0. The number of nitrogens with zero attached hydrogens (tertiary/aromatic N) is 1. The number of rotatable bonds is 4. The highest BCUT2D eigenvalue weighted by molar-refractivity contribution is 6.58. The van der Waals surface area contributed by atoms with Crippen molar-refractivity contribution in [2.45, 2.75) is 27.3 Å². The van der Waals surface area contributed by atoms with E-state index in [9.17, 15) is 0 Å². The molecule has 0 atom stereocenters. The van der Waals surface area contributed by atoms with E-state index in [2.05, 4.69) is 32.7 Å². The first-order chi connectivity index (χ1) is 7.78. The summed E-state index contributed by atoms with van der Waals surface area (Å²) in [5.41, 5.74) is 2.00. The quantitative estimate of drug-likeness (QED) is 0.760. The average molecular weight is 235 g/mol. The standard InChI is InChI=1S/C13H22BNO2/c1-13(2,3)10-15(4)9-11-5-7-12(8-6-11)14(16)17/h5-8,16-17H,9-10H2,1-4H3. The van der Waals surface area contributed by atoms with E-state index in [-0.39, 0.29) is 5.41 Å². The molecule has 2 N–H and O–H groups in total. The summed E-state index contributed by atoms with van der Waals surface area (Å²) < 4.78 is 0. The predicted molar refractivity (Wildman–Crippen MR) is 72.1 cm³/mol. The Morgan fingerprint density at radius 1 is 1.12 bits per heavy atom. The maximum Gasteiger partial charge on any atom is 0.488 e. The lowest BCUT2D eigenvalue weighted by molar-refractivity contribution is 0.221. The van der Waals surface area contributed by atoms with E-state index in [1.165, 1.54) is 5.56 Å². The smallest absolute Gasteiger partial charge is 0.423 e. The molecule has 17 heavy (non-hydrogen) atoms. The van der Waals surface area contributed by atoms with Gasteiger partial charge in [0.1, 0.15) is 0 Å². The van der Waals surface area contributed by atoms with E-state index in [4.69, 9.17) is 10.0 Å². The predicted octanol–water partition coefficient (Wildman–Crippen LogP) is 0.844. The zero-order chi connectivity index (χ0) is 13.1. The summed E-state index contributed by atoms with van der Waals surface area (Å²) in [5, 5.41) is 18.0. The molecule has 0 unspecified atom stereocenters. The van der Waals surface area contributed by atoms with Gasteiger partial charge in [-0.05, 0) is 23.5 Å². The molecule has 3 nitrogen and oxygen atoms in total. The molecule has 0 saturated carbocycles. The topological polar surface area (TPSA) is 43.7 Å². The largest absolute Gasteiger partial charge is 0.488 e. The van der Waals surface area contributed by atoms with Gasteiger partial charge < -0.3 is 14.9 Å². The van der Waals surface area contributed by atoms with E-state index >= 15 is 0 Å². The van der Waals surface area contributed by atoms with Crippen LogP contribution in [0.3, 0.4) is 0 Å². The minimum absolute atomic E-state index is 0.288. The molecule has 0 aliphatic rings. The van der Waals surface area contributed by atoms with Crippen LogP contribution < -0.4 is 5.46 Å². The molecule has 4 heteroatoms. The SMILES string of the molecule is CN(Cc1ccc(B(O)O)cc1)CC(C)(C)C. The fraction of sp³-hybridized carbons (Fsp3) is 0.538. The highest BCUT2D eigenvalue weighted by Crippen LogP contribution is 2.15. The van der Waals surface area contributed by atoms with Crippen LogP contribution in [-0.4, -0.2) is 35.7 Å². The molecule has 1 aromatic rings. The van der Waals surface area contributed by atoms with Gasteiger partial charge in [0.05, 0.1) is 0 Å². The molecule has 0 heterocycles. The van der Waals surface area contributed by atoms with Gasteiger partial charge in [0.2, 0.25) is 0 Å².